The summed E-state index contributed by atoms with van der Waals surface area (Å²) in [4.78, 5) is 7.28. The van der Waals surface area contributed by atoms with Gasteiger partial charge in [0.05, 0.1) is 18.7 Å². The van der Waals surface area contributed by atoms with E-state index in [0.29, 0.717) is 0 Å². The molecule has 0 atom stereocenters. The lowest BCUT2D eigenvalue weighted by atomic mass is 10.2. The van der Waals surface area contributed by atoms with E-state index in [2.05, 4.69) is 51.7 Å². The molecule has 0 spiro atoms. The number of aromatic nitrogens is 4. The van der Waals surface area contributed by atoms with Gasteiger partial charge in [-0.1, -0.05) is 30.3 Å². The van der Waals surface area contributed by atoms with Crippen molar-refractivity contribution in [1.82, 2.24) is 24.6 Å². The molecule has 1 aromatic carbocycles. The van der Waals surface area contributed by atoms with Crippen molar-refractivity contribution in [3.63, 3.8) is 0 Å². The maximum Gasteiger partial charge on any atom is 0.211 e. The Morgan fingerprint density at radius 2 is 2.00 bits per heavy atom. The van der Waals surface area contributed by atoms with Gasteiger partial charge in [-0.25, -0.2) is 4.98 Å². The largest absolute Gasteiger partial charge is 0.379 e. The Morgan fingerprint density at radius 3 is 2.81 bits per heavy atom. The molecule has 138 valence electrons. The maximum absolute atomic E-state index is 5.40. The molecule has 0 amide bonds. The summed E-state index contributed by atoms with van der Waals surface area (Å²) in [6.07, 6.45) is 1.07. The number of nitrogens with zero attached hydrogens (tertiary/aromatic N) is 5. The van der Waals surface area contributed by atoms with Crippen LogP contribution in [0.15, 0.2) is 23.4 Å². The molecule has 0 radical (unpaired) electrons. The summed E-state index contributed by atoms with van der Waals surface area (Å²) in [6.45, 7) is 9.99. The summed E-state index contributed by atoms with van der Waals surface area (Å²) < 4.78 is 7.68. The van der Waals surface area contributed by atoms with Crippen molar-refractivity contribution >= 4 is 33.8 Å². The summed E-state index contributed by atoms with van der Waals surface area (Å²) in [5.41, 5.74) is 4.30. The van der Waals surface area contributed by atoms with Crippen LogP contribution in [0.2, 0.25) is 0 Å². The van der Waals surface area contributed by atoms with Crippen LogP contribution in [0, 0.1) is 6.92 Å². The first-order valence-electron chi connectivity index (χ1n) is 9.32. The number of ether oxygens (including phenoxy) is 1. The van der Waals surface area contributed by atoms with Crippen LogP contribution >= 0.6 is 11.8 Å². The summed E-state index contributed by atoms with van der Waals surface area (Å²) in [7, 11) is 0. The molecule has 0 aliphatic carbocycles. The highest BCUT2D eigenvalue weighted by molar-refractivity contribution is 7.99. The van der Waals surface area contributed by atoms with E-state index in [-0.39, 0.29) is 0 Å². The third kappa shape index (κ3) is 3.56. The maximum atomic E-state index is 5.40. The predicted octanol–water partition coefficient (Wildman–Crippen LogP) is 3.12. The standard InChI is InChI=1S/C19H25N5OS/c1-3-6-24-16-5-4-14(2)13-15(16)17-18(24)20-19(22-21-17)26-12-9-23-7-10-25-11-8-23/h4-5,13H,3,6-12H2,1-2H3. The van der Waals surface area contributed by atoms with Gasteiger partial charge in [-0.2, -0.15) is 0 Å². The fraction of sp³-hybridized carbons (Fsp3) is 0.526. The minimum atomic E-state index is 0.766. The molecule has 3 heterocycles. The lowest BCUT2D eigenvalue weighted by Gasteiger charge is -2.26. The SMILES string of the molecule is CCCn1c2ccc(C)cc2c2nnc(SCCN3CCOCC3)nc21. The van der Waals surface area contributed by atoms with E-state index in [9.17, 15) is 0 Å². The van der Waals surface area contributed by atoms with E-state index in [1.54, 1.807) is 11.8 Å². The smallest absolute Gasteiger partial charge is 0.211 e. The highest BCUT2D eigenvalue weighted by Crippen LogP contribution is 2.28. The molecule has 1 fully saturated rings. The van der Waals surface area contributed by atoms with Gasteiger partial charge in [-0.3, -0.25) is 4.90 Å². The van der Waals surface area contributed by atoms with E-state index in [1.165, 1.54) is 11.1 Å². The van der Waals surface area contributed by atoms with Gasteiger partial charge in [0.15, 0.2) is 5.65 Å². The van der Waals surface area contributed by atoms with Gasteiger partial charge in [0.2, 0.25) is 5.16 Å². The van der Waals surface area contributed by atoms with Crippen LogP contribution in [0.1, 0.15) is 18.9 Å². The number of aryl methyl sites for hydroxylation is 2. The van der Waals surface area contributed by atoms with Crippen LogP contribution in [0.25, 0.3) is 22.1 Å². The first-order chi connectivity index (χ1) is 12.8. The Kier molecular flexibility index (Phi) is 5.38. The first-order valence-corrected chi connectivity index (χ1v) is 10.3. The Bertz CT molecular complexity index is 904. The quantitative estimate of drug-likeness (QED) is 0.621. The monoisotopic (exact) mass is 371 g/mol. The number of hydrogen-bond donors (Lipinski definition) is 0. The van der Waals surface area contributed by atoms with E-state index in [0.717, 1.165) is 73.3 Å². The third-order valence-corrected chi connectivity index (χ3v) is 5.61. The number of thioether (sulfide) groups is 1. The number of fused-ring (bicyclic) bond motifs is 3. The van der Waals surface area contributed by atoms with E-state index < -0.39 is 0 Å². The average molecular weight is 372 g/mol. The van der Waals surface area contributed by atoms with Gasteiger partial charge in [-0.05, 0) is 25.5 Å². The lowest BCUT2D eigenvalue weighted by Crippen LogP contribution is -2.37. The molecule has 3 aromatic rings. The normalized spacial score (nSPS) is 15.9. The molecule has 7 heteroatoms. The van der Waals surface area contributed by atoms with Crippen molar-refractivity contribution in [3.8, 4) is 0 Å². The van der Waals surface area contributed by atoms with Crippen LogP contribution in [-0.2, 0) is 11.3 Å². The topological polar surface area (TPSA) is 56.1 Å². The minimum absolute atomic E-state index is 0.766. The highest BCUT2D eigenvalue weighted by Gasteiger charge is 2.15. The van der Waals surface area contributed by atoms with Crippen molar-refractivity contribution in [1.29, 1.82) is 0 Å². The first kappa shape index (κ1) is 17.7. The molecule has 6 nitrogen and oxygen atoms in total. The van der Waals surface area contributed by atoms with Crippen molar-refractivity contribution < 1.29 is 4.74 Å². The molecule has 1 aliphatic heterocycles. The van der Waals surface area contributed by atoms with Crippen LogP contribution in [0.4, 0.5) is 0 Å². The molecule has 1 aliphatic rings. The van der Waals surface area contributed by atoms with Crippen molar-refractivity contribution in [2.45, 2.75) is 32.0 Å². The van der Waals surface area contributed by atoms with Crippen LogP contribution in [0.3, 0.4) is 0 Å². The van der Waals surface area contributed by atoms with Gasteiger partial charge < -0.3 is 9.30 Å². The Labute approximate surface area is 157 Å². The molecule has 0 N–H and O–H groups in total. The van der Waals surface area contributed by atoms with Crippen molar-refractivity contribution in [2.75, 3.05) is 38.6 Å². The third-order valence-electron chi connectivity index (χ3n) is 4.79. The number of benzene rings is 1. The summed E-state index contributed by atoms with van der Waals surface area (Å²) in [5, 5.41) is 10.8. The van der Waals surface area contributed by atoms with Gasteiger partial charge >= 0.3 is 0 Å². The molecule has 0 unspecified atom stereocenters. The van der Waals surface area contributed by atoms with E-state index >= 15 is 0 Å². The second-order valence-corrected chi connectivity index (χ2v) is 7.80. The zero-order chi connectivity index (χ0) is 17.9. The zero-order valence-electron chi connectivity index (χ0n) is 15.4. The average Bonchev–Trinajstić information content (AvgIpc) is 2.96. The Hall–Kier alpha value is -1.70. The van der Waals surface area contributed by atoms with Crippen LogP contribution < -0.4 is 0 Å². The molecular formula is C19H25N5OS. The van der Waals surface area contributed by atoms with Gasteiger partial charge in [0.25, 0.3) is 0 Å². The fourth-order valence-electron chi connectivity index (χ4n) is 3.46. The highest BCUT2D eigenvalue weighted by atomic mass is 32.2. The Balaban J connectivity index is 1.59. The second kappa shape index (κ2) is 7.90. The molecule has 26 heavy (non-hydrogen) atoms. The molecule has 0 saturated carbocycles. The lowest BCUT2D eigenvalue weighted by molar-refractivity contribution is 0.0410. The van der Waals surface area contributed by atoms with Crippen molar-refractivity contribution in [3.05, 3.63) is 23.8 Å². The van der Waals surface area contributed by atoms with Gasteiger partial charge in [0, 0.05) is 37.3 Å². The molecule has 2 aromatic heterocycles. The zero-order valence-corrected chi connectivity index (χ0v) is 16.3. The number of rotatable bonds is 6. The van der Waals surface area contributed by atoms with Gasteiger partial charge in [0.1, 0.15) is 5.52 Å². The van der Waals surface area contributed by atoms with E-state index in [1.807, 2.05) is 0 Å². The second-order valence-electron chi connectivity index (χ2n) is 6.74. The molecule has 4 rings (SSSR count). The molecule has 0 bridgehead atoms. The fourth-order valence-corrected chi connectivity index (χ4v) is 4.24. The summed E-state index contributed by atoms with van der Waals surface area (Å²) in [6, 6.07) is 6.51. The molecule has 1 saturated heterocycles. The summed E-state index contributed by atoms with van der Waals surface area (Å²) >= 11 is 1.69. The van der Waals surface area contributed by atoms with Crippen molar-refractivity contribution in [2.24, 2.45) is 0 Å². The number of hydrogen-bond acceptors (Lipinski definition) is 6. The van der Waals surface area contributed by atoms with Crippen LogP contribution in [0.5, 0.6) is 0 Å². The minimum Gasteiger partial charge on any atom is -0.379 e. The number of morpholine rings is 1. The van der Waals surface area contributed by atoms with Crippen LogP contribution in [-0.4, -0.2) is 63.2 Å². The molecular weight excluding hydrogens is 346 g/mol. The van der Waals surface area contributed by atoms with E-state index in [4.69, 9.17) is 9.72 Å². The Morgan fingerprint density at radius 1 is 1.15 bits per heavy atom. The summed E-state index contributed by atoms with van der Waals surface area (Å²) in [5.74, 6) is 0.973. The van der Waals surface area contributed by atoms with Gasteiger partial charge in [-0.15, -0.1) is 10.2 Å². The predicted molar refractivity (Wildman–Crippen MR) is 106 cm³/mol.